The van der Waals surface area contributed by atoms with Crippen LogP contribution in [0.25, 0.3) is 5.82 Å². The molecule has 8 nitrogen and oxygen atoms in total. The van der Waals surface area contributed by atoms with Crippen molar-refractivity contribution >= 4 is 29.1 Å². The van der Waals surface area contributed by atoms with E-state index in [1.54, 1.807) is 0 Å². The molecule has 2 amide bonds. The van der Waals surface area contributed by atoms with Gasteiger partial charge in [0, 0.05) is 11.8 Å². The summed E-state index contributed by atoms with van der Waals surface area (Å²) in [4.78, 5) is 23.7. The Labute approximate surface area is 134 Å². The first kappa shape index (κ1) is 14.9. The van der Waals surface area contributed by atoms with Gasteiger partial charge in [-0.3, -0.25) is 5.32 Å². The second kappa shape index (κ2) is 6.36. The van der Waals surface area contributed by atoms with Crippen LogP contribution in [0.15, 0.2) is 43.2 Å². The lowest BCUT2D eigenvalue weighted by molar-refractivity contribution is 0.262. The van der Waals surface area contributed by atoms with Gasteiger partial charge in [0.25, 0.3) is 0 Å². The van der Waals surface area contributed by atoms with Gasteiger partial charge in [0.05, 0.1) is 5.02 Å². The molecule has 1 aromatic carbocycles. The van der Waals surface area contributed by atoms with Crippen LogP contribution in [-0.4, -0.2) is 30.8 Å². The molecule has 3 aromatic rings. The summed E-state index contributed by atoms with van der Waals surface area (Å²) in [6.07, 6.45) is 4.11. The molecular weight excluding hydrogens is 325 g/mol. The minimum atomic E-state index is -0.564. The van der Waals surface area contributed by atoms with Crippen molar-refractivity contribution in [2.75, 3.05) is 10.6 Å². The number of rotatable bonds is 3. The van der Waals surface area contributed by atoms with Crippen molar-refractivity contribution in [2.24, 2.45) is 0 Å². The van der Waals surface area contributed by atoms with Crippen molar-refractivity contribution in [3.05, 3.63) is 54.1 Å². The van der Waals surface area contributed by atoms with Crippen molar-refractivity contribution in [3.63, 3.8) is 0 Å². The molecule has 2 aromatic heterocycles. The number of hydrogen-bond donors (Lipinski definition) is 2. The molecule has 23 heavy (non-hydrogen) atoms. The highest BCUT2D eigenvalue weighted by atomic mass is 35.5. The lowest BCUT2D eigenvalue weighted by Gasteiger charge is -2.08. The predicted octanol–water partition coefficient (Wildman–Crippen LogP) is 2.49. The number of nitrogens with zero attached hydrogens (tertiary/aromatic N) is 5. The number of nitrogens with one attached hydrogen (secondary N) is 2. The van der Waals surface area contributed by atoms with E-state index in [2.05, 4.69) is 30.7 Å². The SMILES string of the molecule is O=C(Nc1ccc(F)c(Cl)c1)Nc1cc(-n2cncn2)ncn1. The van der Waals surface area contributed by atoms with E-state index in [0.717, 1.165) is 6.07 Å². The Kier molecular flexibility index (Phi) is 4.11. The van der Waals surface area contributed by atoms with E-state index in [1.165, 1.54) is 41.9 Å². The first-order chi connectivity index (χ1) is 11.1. The molecule has 10 heteroatoms. The van der Waals surface area contributed by atoms with Crippen molar-refractivity contribution < 1.29 is 9.18 Å². The van der Waals surface area contributed by atoms with Gasteiger partial charge in [0.15, 0.2) is 5.82 Å². The molecule has 0 unspecified atom stereocenters. The molecule has 0 fully saturated rings. The fraction of sp³-hybridized carbons (Fsp3) is 0. The van der Waals surface area contributed by atoms with E-state index in [4.69, 9.17) is 11.6 Å². The van der Waals surface area contributed by atoms with Crippen LogP contribution in [0, 0.1) is 5.82 Å². The number of halogens is 2. The van der Waals surface area contributed by atoms with Gasteiger partial charge in [-0.15, -0.1) is 0 Å². The molecule has 0 saturated heterocycles. The highest BCUT2D eigenvalue weighted by Gasteiger charge is 2.08. The highest BCUT2D eigenvalue weighted by molar-refractivity contribution is 6.31. The van der Waals surface area contributed by atoms with E-state index < -0.39 is 11.8 Å². The average Bonchev–Trinajstić information content (AvgIpc) is 3.05. The molecule has 0 aliphatic heterocycles. The summed E-state index contributed by atoms with van der Waals surface area (Å²) in [7, 11) is 0. The highest BCUT2D eigenvalue weighted by Crippen LogP contribution is 2.19. The quantitative estimate of drug-likeness (QED) is 0.767. The smallest absolute Gasteiger partial charge is 0.308 e. The molecule has 0 spiro atoms. The second-order valence-corrected chi connectivity index (χ2v) is 4.72. The first-order valence-electron chi connectivity index (χ1n) is 6.32. The molecular formula is C13H9ClFN7O. The van der Waals surface area contributed by atoms with Crippen molar-refractivity contribution in [1.82, 2.24) is 24.7 Å². The normalized spacial score (nSPS) is 10.3. The molecule has 0 bridgehead atoms. The van der Waals surface area contributed by atoms with Crippen molar-refractivity contribution in [3.8, 4) is 5.82 Å². The topological polar surface area (TPSA) is 97.6 Å². The summed E-state index contributed by atoms with van der Waals surface area (Å²) in [6.45, 7) is 0. The van der Waals surface area contributed by atoms with Crippen LogP contribution in [0.4, 0.5) is 20.7 Å². The fourth-order valence-electron chi connectivity index (χ4n) is 1.72. The molecule has 116 valence electrons. The zero-order chi connectivity index (χ0) is 16.2. The van der Waals surface area contributed by atoms with E-state index >= 15 is 0 Å². The summed E-state index contributed by atoms with van der Waals surface area (Å²) in [5.41, 5.74) is 0.347. The Morgan fingerprint density at radius 3 is 2.78 bits per heavy atom. The lowest BCUT2D eigenvalue weighted by Crippen LogP contribution is -2.20. The number of benzene rings is 1. The number of hydrogen-bond acceptors (Lipinski definition) is 5. The number of carbonyl (C=O) groups is 1. The molecule has 0 aliphatic carbocycles. The van der Waals surface area contributed by atoms with Crippen LogP contribution in [0.2, 0.25) is 5.02 Å². The van der Waals surface area contributed by atoms with Crippen LogP contribution in [0.3, 0.4) is 0 Å². The van der Waals surface area contributed by atoms with Crippen LogP contribution >= 0.6 is 11.6 Å². The van der Waals surface area contributed by atoms with E-state index in [1.807, 2.05) is 0 Å². The van der Waals surface area contributed by atoms with Crippen LogP contribution < -0.4 is 10.6 Å². The molecule has 0 radical (unpaired) electrons. The van der Waals surface area contributed by atoms with Gasteiger partial charge in [-0.25, -0.2) is 28.8 Å². The number of urea groups is 1. The summed E-state index contributed by atoms with van der Waals surface area (Å²) in [5.74, 6) is 0.139. The number of aromatic nitrogens is 5. The third kappa shape index (κ3) is 3.58. The Hall–Kier alpha value is -3.07. The van der Waals surface area contributed by atoms with Gasteiger partial charge in [-0.05, 0) is 18.2 Å². The summed E-state index contributed by atoms with van der Waals surface area (Å²) in [5, 5.41) is 8.89. The minimum absolute atomic E-state index is 0.0849. The van der Waals surface area contributed by atoms with Gasteiger partial charge >= 0.3 is 6.03 Å². The Bertz CT molecular complexity index is 840. The zero-order valence-corrected chi connectivity index (χ0v) is 12.2. The largest absolute Gasteiger partial charge is 0.324 e. The van der Waals surface area contributed by atoms with Gasteiger partial charge in [-0.1, -0.05) is 11.6 Å². The van der Waals surface area contributed by atoms with Crippen molar-refractivity contribution in [2.45, 2.75) is 0 Å². The summed E-state index contributed by atoms with van der Waals surface area (Å²) < 4.78 is 14.5. The number of anilines is 2. The third-order valence-corrected chi connectivity index (χ3v) is 3.01. The summed E-state index contributed by atoms with van der Waals surface area (Å²) >= 11 is 5.65. The Morgan fingerprint density at radius 1 is 1.17 bits per heavy atom. The average molecular weight is 334 g/mol. The van der Waals surface area contributed by atoms with Crippen LogP contribution in [-0.2, 0) is 0 Å². The maximum absolute atomic E-state index is 13.1. The number of amides is 2. The monoisotopic (exact) mass is 333 g/mol. The minimum Gasteiger partial charge on any atom is -0.308 e. The van der Waals surface area contributed by atoms with Gasteiger partial charge in [0.2, 0.25) is 0 Å². The van der Waals surface area contributed by atoms with Gasteiger partial charge < -0.3 is 5.32 Å². The zero-order valence-electron chi connectivity index (χ0n) is 11.4. The van der Waals surface area contributed by atoms with Crippen molar-refractivity contribution in [1.29, 1.82) is 0 Å². The maximum Gasteiger partial charge on any atom is 0.324 e. The van der Waals surface area contributed by atoms with E-state index in [-0.39, 0.29) is 10.8 Å². The molecule has 0 aliphatic rings. The van der Waals surface area contributed by atoms with Crippen LogP contribution in [0.5, 0.6) is 0 Å². The van der Waals surface area contributed by atoms with E-state index in [0.29, 0.717) is 11.5 Å². The van der Waals surface area contributed by atoms with Gasteiger partial charge in [0.1, 0.15) is 30.6 Å². The molecule has 0 atom stereocenters. The number of carbonyl (C=O) groups excluding carboxylic acids is 1. The van der Waals surface area contributed by atoms with Crippen LogP contribution in [0.1, 0.15) is 0 Å². The van der Waals surface area contributed by atoms with E-state index in [9.17, 15) is 9.18 Å². The first-order valence-corrected chi connectivity index (χ1v) is 6.70. The standard InChI is InChI=1S/C13H9ClFN7O/c14-9-3-8(1-2-10(9)15)20-13(23)21-11-4-12(18-6-17-11)22-7-16-5-19-22/h1-7H,(H2,17,18,20,21,23). The Morgan fingerprint density at radius 2 is 2.04 bits per heavy atom. The fourth-order valence-corrected chi connectivity index (χ4v) is 1.90. The third-order valence-electron chi connectivity index (χ3n) is 2.73. The lowest BCUT2D eigenvalue weighted by atomic mass is 10.3. The Balaban J connectivity index is 1.70. The molecule has 3 rings (SSSR count). The molecule has 2 heterocycles. The second-order valence-electron chi connectivity index (χ2n) is 4.31. The van der Waals surface area contributed by atoms with Gasteiger partial charge in [-0.2, -0.15) is 5.10 Å². The summed E-state index contributed by atoms with van der Waals surface area (Å²) in [6, 6.07) is 4.81. The molecule has 0 saturated carbocycles. The predicted molar refractivity (Wildman–Crippen MR) is 81.0 cm³/mol. The molecule has 2 N–H and O–H groups in total. The maximum atomic E-state index is 13.1.